The van der Waals surface area contributed by atoms with Crippen LogP contribution in [0.4, 0.5) is 0 Å². The number of piperidine rings is 1. The van der Waals surface area contributed by atoms with E-state index in [0.29, 0.717) is 24.6 Å². The van der Waals surface area contributed by atoms with Crippen molar-refractivity contribution < 1.29 is 19.4 Å². The fourth-order valence-electron chi connectivity index (χ4n) is 3.40. The number of ether oxygens (including phenoxy) is 2. The second-order valence-electron chi connectivity index (χ2n) is 7.02. The van der Waals surface area contributed by atoms with Gasteiger partial charge in [-0.2, -0.15) is 0 Å². The van der Waals surface area contributed by atoms with Crippen LogP contribution < -0.4 is 15.2 Å². The molecule has 0 saturated carbocycles. The van der Waals surface area contributed by atoms with Crippen LogP contribution in [0, 0.1) is 0 Å². The van der Waals surface area contributed by atoms with Crippen molar-refractivity contribution in [2.75, 3.05) is 47.4 Å². The van der Waals surface area contributed by atoms with Crippen molar-refractivity contribution in [3.8, 4) is 11.5 Å². The fourth-order valence-corrected chi connectivity index (χ4v) is 3.40. The quantitative estimate of drug-likeness (QED) is 0.707. The van der Waals surface area contributed by atoms with Crippen molar-refractivity contribution in [1.82, 2.24) is 9.80 Å². The number of carbonyl (C=O) groups excluding carboxylic acids is 1. The lowest BCUT2D eigenvalue weighted by molar-refractivity contribution is -0.119. The highest BCUT2D eigenvalue weighted by Gasteiger charge is 2.33. The SMILES string of the molecule is COc1cc(CN2CCCC(O)(CN(C)C)C2)ccc1OCC(N)=O. The first-order valence-corrected chi connectivity index (χ1v) is 8.49. The first-order valence-electron chi connectivity index (χ1n) is 8.49. The van der Waals surface area contributed by atoms with Crippen LogP contribution in [0.15, 0.2) is 18.2 Å². The van der Waals surface area contributed by atoms with Gasteiger partial charge in [0.1, 0.15) is 0 Å². The monoisotopic (exact) mass is 351 g/mol. The second-order valence-corrected chi connectivity index (χ2v) is 7.02. The summed E-state index contributed by atoms with van der Waals surface area (Å²) in [6, 6.07) is 5.63. The number of rotatable bonds is 8. The normalized spacial score (nSPS) is 21.3. The Morgan fingerprint density at radius 3 is 2.80 bits per heavy atom. The van der Waals surface area contributed by atoms with Gasteiger partial charge in [0.2, 0.25) is 0 Å². The molecular weight excluding hydrogens is 322 g/mol. The average molecular weight is 351 g/mol. The molecule has 1 aromatic carbocycles. The zero-order valence-electron chi connectivity index (χ0n) is 15.3. The molecule has 1 unspecified atom stereocenters. The van der Waals surface area contributed by atoms with Crippen LogP contribution in [0.25, 0.3) is 0 Å². The van der Waals surface area contributed by atoms with Crippen molar-refractivity contribution in [1.29, 1.82) is 0 Å². The molecule has 0 spiro atoms. The van der Waals surface area contributed by atoms with Crippen molar-refractivity contribution in [3.05, 3.63) is 23.8 Å². The van der Waals surface area contributed by atoms with Gasteiger partial charge < -0.3 is 25.2 Å². The number of likely N-dealkylation sites (tertiary alicyclic amines) is 1. The van der Waals surface area contributed by atoms with Crippen LogP contribution in [0.3, 0.4) is 0 Å². The predicted molar refractivity (Wildman–Crippen MR) is 95.7 cm³/mol. The molecular formula is C18H29N3O4. The van der Waals surface area contributed by atoms with Gasteiger partial charge in [-0.05, 0) is 51.2 Å². The van der Waals surface area contributed by atoms with Gasteiger partial charge in [-0.25, -0.2) is 0 Å². The summed E-state index contributed by atoms with van der Waals surface area (Å²) < 4.78 is 10.7. The van der Waals surface area contributed by atoms with E-state index in [0.717, 1.165) is 31.5 Å². The summed E-state index contributed by atoms with van der Waals surface area (Å²) in [5.41, 5.74) is 5.50. The number of aliphatic hydroxyl groups is 1. The average Bonchev–Trinajstić information content (AvgIpc) is 2.52. The largest absolute Gasteiger partial charge is 0.493 e. The number of methoxy groups -OCH3 is 1. The van der Waals surface area contributed by atoms with Crippen LogP contribution in [-0.4, -0.2) is 73.9 Å². The Morgan fingerprint density at radius 2 is 2.16 bits per heavy atom. The molecule has 1 fully saturated rings. The smallest absolute Gasteiger partial charge is 0.255 e. The minimum atomic E-state index is -0.670. The molecule has 1 atom stereocenters. The third-order valence-electron chi connectivity index (χ3n) is 4.25. The number of hydrogen-bond acceptors (Lipinski definition) is 6. The number of benzene rings is 1. The third kappa shape index (κ3) is 5.88. The molecule has 7 heteroatoms. The van der Waals surface area contributed by atoms with Gasteiger partial charge in [0.25, 0.3) is 5.91 Å². The molecule has 0 radical (unpaired) electrons. The van der Waals surface area contributed by atoms with E-state index in [2.05, 4.69) is 4.90 Å². The van der Waals surface area contributed by atoms with Crippen LogP contribution in [-0.2, 0) is 11.3 Å². The Balaban J connectivity index is 2.03. The summed E-state index contributed by atoms with van der Waals surface area (Å²) >= 11 is 0. The van der Waals surface area contributed by atoms with Gasteiger partial charge in [-0.15, -0.1) is 0 Å². The van der Waals surface area contributed by atoms with E-state index in [1.54, 1.807) is 13.2 Å². The highest BCUT2D eigenvalue weighted by molar-refractivity contribution is 5.75. The Hall–Kier alpha value is -1.83. The number of primary amides is 1. The molecule has 0 aliphatic carbocycles. The molecule has 0 bridgehead atoms. The molecule has 1 amide bonds. The van der Waals surface area contributed by atoms with Gasteiger partial charge in [0.05, 0.1) is 12.7 Å². The molecule has 1 aromatic rings. The number of likely N-dealkylation sites (N-methyl/N-ethyl adjacent to an activating group) is 1. The van der Waals surface area contributed by atoms with Crippen LogP contribution >= 0.6 is 0 Å². The van der Waals surface area contributed by atoms with Gasteiger partial charge in [0.15, 0.2) is 18.1 Å². The maximum atomic E-state index is 10.9. The van der Waals surface area contributed by atoms with Crippen LogP contribution in [0.5, 0.6) is 11.5 Å². The lowest BCUT2D eigenvalue weighted by Crippen LogP contribution is -2.52. The summed E-state index contributed by atoms with van der Waals surface area (Å²) in [6.07, 6.45) is 1.80. The van der Waals surface area contributed by atoms with E-state index < -0.39 is 11.5 Å². The molecule has 1 aliphatic heterocycles. The standard InChI is InChI=1S/C18H29N3O4/c1-20(2)12-18(23)7-4-8-21(13-18)10-14-5-6-15(16(9-14)24-3)25-11-17(19)22/h5-6,9,23H,4,7-8,10-13H2,1-3H3,(H2,19,22). The predicted octanol–water partition coefficient (Wildman–Crippen LogP) is 0.448. The Labute approximate surface area is 149 Å². The highest BCUT2D eigenvalue weighted by atomic mass is 16.5. The maximum absolute atomic E-state index is 10.9. The number of nitrogens with zero attached hydrogens (tertiary/aromatic N) is 2. The second kappa shape index (κ2) is 8.51. The molecule has 1 heterocycles. The number of β-amino-alcohol motifs (C(OH)–C–C–N with tert-alkyl or cyclic N) is 1. The van der Waals surface area contributed by atoms with E-state index in [1.165, 1.54) is 0 Å². The summed E-state index contributed by atoms with van der Waals surface area (Å²) in [5.74, 6) is 0.534. The summed E-state index contributed by atoms with van der Waals surface area (Å²) in [7, 11) is 5.52. The zero-order valence-corrected chi connectivity index (χ0v) is 15.3. The van der Waals surface area contributed by atoms with Gasteiger partial charge in [-0.1, -0.05) is 6.07 Å². The fraction of sp³-hybridized carbons (Fsp3) is 0.611. The number of carbonyl (C=O) groups is 1. The molecule has 140 valence electrons. The molecule has 0 aromatic heterocycles. The van der Waals surface area contributed by atoms with E-state index in [-0.39, 0.29) is 6.61 Å². The van der Waals surface area contributed by atoms with E-state index in [4.69, 9.17) is 15.2 Å². The summed E-state index contributed by atoms with van der Waals surface area (Å²) in [5, 5.41) is 10.8. The van der Waals surface area contributed by atoms with Crippen molar-refractivity contribution >= 4 is 5.91 Å². The number of amides is 1. The summed E-state index contributed by atoms with van der Waals surface area (Å²) in [6.45, 7) is 2.81. The van der Waals surface area contributed by atoms with Crippen LogP contribution in [0.1, 0.15) is 18.4 Å². The van der Waals surface area contributed by atoms with Crippen molar-refractivity contribution in [3.63, 3.8) is 0 Å². The summed E-state index contributed by atoms with van der Waals surface area (Å²) in [4.78, 5) is 15.1. The molecule has 3 N–H and O–H groups in total. The van der Waals surface area contributed by atoms with Gasteiger partial charge >= 0.3 is 0 Å². The molecule has 25 heavy (non-hydrogen) atoms. The van der Waals surface area contributed by atoms with Crippen LogP contribution in [0.2, 0.25) is 0 Å². The first-order chi connectivity index (χ1) is 11.8. The first kappa shape index (κ1) is 19.5. The Morgan fingerprint density at radius 1 is 1.40 bits per heavy atom. The number of nitrogens with two attached hydrogens (primary N) is 1. The van der Waals surface area contributed by atoms with E-state index in [9.17, 15) is 9.90 Å². The molecule has 2 rings (SSSR count). The minimum Gasteiger partial charge on any atom is -0.493 e. The topological polar surface area (TPSA) is 88.3 Å². The third-order valence-corrected chi connectivity index (χ3v) is 4.25. The van der Waals surface area contributed by atoms with E-state index in [1.807, 2.05) is 31.1 Å². The molecule has 1 saturated heterocycles. The van der Waals surface area contributed by atoms with Gasteiger partial charge in [-0.3, -0.25) is 9.69 Å². The highest BCUT2D eigenvalue weighted by Crippen LogP contribution is 2.30. The molecule has 7 nitrogen and oxygen atoms in total. The number of hydrogen-bond donors (Lipinski definition) is 2. The van der Waals surface area contributed by atoms with Crippen molar-refractivity contribution in [2.24, 2.45) is 5.73 Å². The van der Waals surface area contributed by atoms with E-state index >= 15 is 0 Å². The molecule has 1 aliphatic rings. The Kier molecular flexibility index (Phi) is 6.64. The lowest BCUT2D eigenvalue weighted by Gasteiger charge is -2.40. The maximum Gasteiger partial charge on any atom is 0.255 e. The minimum absolute atomic E-state index is 0.181. The van der Waals surface area contributed by atoms with Gasteiger partial charge in [0, 0.05) is 19.6 Å². The van der Waals surface area contributed by atoms with Crippen molar-refractivity contribution in [2.45, 2.75) is 25.0 Å². The Bertz CT molecular complexity index is 594. The zero-order chi connectivity index (χ0) is 18.4. The lowest BCUT2D eigenvalue weighted by atomic mass is 9.92.